The molecule has 2 aromatic rings. The maximum absolute atomic E-state index is 5.63. The molecule has 24 heavy (non-hydrogen) atoms. The number of thiocarbonyl (C=S) groups is 1. The van der Waals surface area contributed by atoms with Gasteiger partial charge in [-0.1, -0.05) is 36.4 Å². The first-order valence-corrected chi connectivity index (χ1v) is 8.06. The van der Waals surface area contributed by atoms with Crippen molar-refractivity contribution in [3.05, 3.63) is 59.7 Å². The standard InChI is InChI=1S/C18H21N3O2S/c1-3-23-17-15(10-7-11-16(17)22-2)13-20-21-18(24)19-12-14-8-5-4-6-9-14/h4-11,13H,3,12H2,1-2H3,(H2,19,21,24)/b20-13-. The second-order valence-corrected chi connectivity index (χ2v) is 5.26. The summed E-state index contributed by atoms with van der Waals surface area (Å²) >= 11 is 5.21. The third kappa shape index (κ3) is 5.24. The van der Waals surface area contributed by atoms with Crippen LogP contribution in [0.25, 0.3) is 0 Å². The fourth-order valence-corrected chi connectivity index (χ4v) is 2.20. The van der Waals surface area contributed by atoms with Gasteiger partial charge in [0.25, 0.3) is 0 Å². The number of hydrazone groups is 1. The number of benzene rings is 2. The highest BCUT2D eigenvalue weighted by Crippen LogP contribution is 2.29. The van der Waals surface area contributed by atoms with E-state index in [9.17, 15) is 0 Å². The van der Waals surface area contributed by atoms with E-state index in [1.54, 1.807) is 13.3 Å². The molecule has 0 atom stereocenters. The summed E-state index contributed by atoms with van der Waals surface area (Å²) in [5.74, 6) is 1.33. The summed E-state index contributed by atoms with van der Waals surface area (Å²) in [7, 11) is 1.61. The second-order valence-electron chi connectivity index (χ2n) is 4.85. The first kappa shape index (κ1) is 17.7. The normalized spacial score (nSPS) is 10.4. The van der Waals surface area contributed by atoms with Gasteiger partial charge < -0.3 is 14.8 Å². The van der Waals surface area contributed by atoms with Crippen molar-refractivity contribution >= 4 is 23.5 Å². The van der Waals surface area contributed by atoms with Crippen LogP contribution in [0.4, 0.5) is 0 Å². The van der Waals surface area contributed by atoms with Crippen LogP contribution in [0.15, 0.2) is 53.6 Å². The van der Waals surface area contributed by atoms with Crippen LogP contribution in [-0.2, 0) is 6.54 Å². The fraction of sp³-hybridized carbons (Fsp3) is 0.222. The van der Waals surface area contributed by atoms with Gasteiger partial charge in [-0.15, -0.1) is 0 Å². The van der Waals surface area contributed by atoms with Gasteiger partial charge in [-0.2, -0.15) is 5.10 Å². The van der Waals surface area contributed by atoms with Crippen molar-refractivity contribution in [2.75, 3.05) is 13.7 Å². The molecular formula is C18H21N3O2S. The van der Waals surface area contributed by atoms with Crippen molar-refractivity contribution in [2.45, 2.75) is 13.5 Å². The van der Waals surface area contributed by atoms with Gasteiger partial charge in [-0.05, 0) is 36.8 Å². The van der Waals surface area contributed by atoms with E-state index in [0.29, 0.717) is 29.8 Å². The fourth-order valence-electron chi connectivity index (χ4n) is 2.07. The monoisotopic (exact) mass is 343 g/mol. The van der Waals surface area contributed by atoms with Crippen LogP contribution in [0.2, 0.25) is 0 Å². The summed E-state index contributed by atoms with van der Waals surface area (Å²) in [5, 5.41) is 7.71. The van der Waals surface area contributed by atoms with Gasteiger partial charge in [-0.25, -0.2) is 0 Å². The SMILES string of the molecule is CCOc1c(/C=N\NC(=S)NCc2ccccc2)cccc1OC. The summed E-state index contributed by atoms with van der Waals surface area (Å²) in [6, 6.07) is 15.7. The molecule has 126 valence electrons. The predicted octanol–water partition coefficient (Wildman–Crippen LogP) is 3.09. The maximum atomic E-state index is 5.63. The lowest BCUT2D eigenvalue weighted by atomic mass is 10.2. The van der Waals surface area contributed by atoms with Gasteiger partial charge in [0.1, 0.15) is 0 Å². The number of rotatable bonds is 7. The van der Waals surface area contributed by atoms with E-state index in [2.05, 4.69) is 15.8 Å². The Labute approximate surface area is 147 Å². The number of ether oxygens (including phenoxy) is 2. The van der Waals surface area contributed by atoms with Crippen molar-refractivity contribution in [2.24, 2.45) is 5.10 Å². The molecule has 0 aliphatic carbocycles. The Morgan fingerprint density at radius 1 is 1.17 bits per heavy atom. The molecule has 0 aliphatic rings. The van der Waals surface area contributed by atoms with Crippen LogP contribution in [-0.4, -0.2) is 25.0 Å². The Balaban J connectivity index is 1.92. The Morgan fingerprint density at radius 3 is 2.67 bits per heavy atom. The number of methoxy groups -OCH3 is 1. The molecule has 6 heteroatoms. The van der Waals surface area contributed by atoms with Crippen molar-refractivity contribution < 1.29 is 9.47 Å². The Hall–Kier alpha value is -2.60. The van der Waals surface area contributed by atoms with Crippen LogP contribution in [0.1, 0.15) is 18.1 Å². The number of para-hydroxylation sites is 1. The average molecular weight is 343 g/mol. The number of nitrogens with one attached hydrogen (secondary N) is 2. The molecule has 0 bridgehead atoms. The van der Waals surface area contributed by atoms with Crippen molar-refractivity contribution in [1.82, 2.24) is 10.7 Å². The molecule has 0 aromatic heterocycles. The van der Waals surface area contributed by atoms with E-state index in [1.807, 2.05) is 55.5 Å². The topological polar surface area (TPSA) is 54.9 Å². The molecule has 2 rings (SSSR count). The van der Waals surface area contributed by atoms with Gasteiger partial charge in [0.15, 0.2) is 16.6 Å². The third-order valence-corrected chi connectivity index (χ3v) is 3.42. The minimum Gasteiger partial charge on any atom is -0.493 e. The number of hydrogen-bond acceptors (Lipinski definition) is 4. The van der Waals surface area contributed by atoms with Crippen molar-refractivity contribution in [3.8, 4) is 11.5 Å². The summed E-state index contributed by atoms with van der Waals surface area (Å²) in [5.41, 5.74) is 4.77. The van der Waals surface area contributed by atoms with E-state index in [1.165, 1.54) is 0 Å². The van der Waals surface area contributed by atoms with Gasteiger partial charge in [-0.3, -0.25) is 5.43 Å². The predicted molar refractivity (Wildman–Crippen MR) is 101 cm³/mol. The van der Waals surface area contributed by atoms with E-state index < -0.39 is 0 Å². The molecule has 0 heterocycles. The Morgan fingerprint density at radius 2 is 1.96 bits per heavy atom. The molecule has 0 saturated carbocycles. The summed E-state index contributed by atoms with van der Waals surface area (Å²) in [6.07, 6.45) is 1.66. The summed E-state index contributed by atoms with van der Waals surface area (Å²) < 4.78 is 10.9. The number of nitrogens with zero attached hydrogens (tertiary/aromatic N) is 1. The smallest absolute Gasteiger partial charge is 0.187 e. The van der Waals surface area contributed by atoms with E-state index >= 15 is 0 Å². The largest absolute Gasteiger partial charge is 0.493 e. The highest BCUT2D eigenvalue weighted by atomic mass is 32.1. The molecule has 0 radical (unpaired) electrons. The van der Waals surface area contributed by atoms with Gasteiger partial charge in [0.05, 0.1) is 19.9 Å². The van der Waals surface area contributed by atoms with Crippen LogP contribution in [0, 0.1) is 0 Å². The minimum absolute atomic E-state index is 0.455. The quantitative estimate of drug-likeness (QED) is 0.460. The molecule has 2 aromatic carbocycles. The van der Waals surface area contributed by atoms with Crippen LogP contribution in [0.5, 0.6) is 11.5 Å². The van der Waals surface area contributed by atoms with E-state index in [0.717, 1.165) is 11.1 Å². The van der Waals surface area contributed by atoms with E-state index in [4.69, 9.17) is 21.7 Å². The molecule has 2 N–H and O–H groups in total. The van der Waals surface area contributed by atoms with Gasteiger partial charge >= 0.3 is 0 Å². The molecule has 0 amide bonds. The maximum Gasteiger partial charge on any atom is 0.187 e. The summed E-state index contributed by atoms with van der Waals surface area (Å²) in [4.78, 5) is 0. The first-order chi connectivity index (χ1) is 11.7. The van der Waals surface area contributed by atoms with E-state index in [-0.39, 0.29) is 0 Å². The zero-order valence-electron chi connectivity index (χ0n) is 13.8. The zero-order chi connectivity index (χ0) is 17.2. The molecule has 0 saturated heterocycles. The molecule has 5 nitrogen and oxygen atoms in total. The summed E-state index contributed by atoms with van der Waals surface area (Å²) in [6.45, 7) is 3.12. The highest BCUT2D eigenvalue weighted by Gasteiger charge is 2.08. The minimum atomic E-state index is 0.455. The zero-order valence-corrected chi connectivity index (χ0v) is 14.6. The molecule has 0 spiro atoms. The van der Waals surface area contributed by atoms with Crippen LogP contribution >= 0.6 is 12.2 Å². The van der Waals surface area contributed by atoms with Crippen molar-refractivity contribution in [1.29, 1.82) is 0 Å². The lowest BCUT2D eigenvalue weighted by Crippen LogP contribution is -2.31. The lowest BCUT2D eigenvalue weighted by molar-refractivity contribution is 0.310. The average Bonchev–Trinajstić information content (AvgIpc) is 2.62. The van der Waals surface area contributed by atoms with Gasteiger partial charge in [0, 0.05) is 12.1 Å². The Kier molecular flexibility index (Phi) is 7.04. The highest BCUT2D eigenvalue weighted by molar-refractivity contribution is 7.80. The van der Waals surface area contributed by atoms with Crippen LogP contribution < -0.4 is 20.2 Å². The van der Waals surface area contributed by atoms with Crippen LogP contribution in [0.3, 0.4) is 0 Å². The third-order valence-electron chi connectivity index (χ3n) is 3.18. The molecular weight excluding hydrogens is 322 g/mol. The first-order valence-electron chi connectivity index (χ1n) is 7.65. The Bertz CT molecular complexity index is 690. The molecule has 0 fully saturated rings. The molecule has 0 unspecified atom stereocenters. The lowest BCUT2D eigenvalue weighted by Gasteiger charge is -2.11. The van der Waals surface area contributed by atoms with Gasteiger partial charge in [0.2, 0.25) is 0 Å². The second kappa shape index (κ2) is 9.52. The number of hydrogen-bond donors (Lipinski definition) is 2. The van der Waals surface area contributed by atoms with Crippen molar-refractivity contribution in [3.63, 3.8) is 0 Å². The molecule has 0 aliphatic heterocycles.